The quantitative estimate of drug-likeness (QED) is 0.700. The minimum Gasteiger partial charge on any atom is -0.341 e. The Morgan fingerprint density at radius 3 is 2.59 bits per heavy atom. The zero-order chi connectivity index (χ0) is 22.4. The first-order valence-corrected chi connectivity index (χ1v) is 10.7. The average molecular weight is 439 g/mol. The van der Waals surface area contributed by atoms with E-state index >= 15 is 0 Å². The van der Waals surface area contributed by atoms with Crippen LogP contribution in [-0.4, -0.2) is 62.5 Å². The molecule has 166 valence electrons. The Morgan fingerprint density at radius 2 is 1.91 bits per heavy atom. The van der Waals surface area contributed by atoms with Crippen molar-refractivity contribution in [3.63, 3.8) is 0 Å². The van der Waals surface area contributed by atoms with Crippen molar-refractivity contribution in [3.05, 3.63) is 52.9 Å². The van der Waals surface area contributed by atoms with E-state index < -0.39 is 17.8 Å². The van der Waals surface area contributed by atoms with Gasteiger partial charge in [-0.25, -0.2) is 9.37 Å². The summed E-state index contributed by atoms with van der Waals surface area (Å²) >= 11 is 0. The number of aromatic amines is 1. The lowest BCUT2D eigenvalue weighted by Gasteiger charge is -2.32. The fourth-order valence-corrected chi connectivity index (χ4v) is 4.86. The van der Waals surface area contributed by atoms with Gasteiger partial charge in [-0.2, -0.15) is 0 Å². The largest absolute Gasteiger partial charge is 0.341 e. The molecule has 1 aromatic heterocycles. The molecule has 32 heavy (non-hydrogen) atoms. The molecule has 10 heteroatoms. The minimum atomic E-state index is -0.726. The van der Waals surface area contributed by atoms with E-state index in [1.165, 1.54) is 23.5 Å². The van der Waals surface area contributed by atoms with Crippen LogP contribution in [0, 0.1) is 5.82 Å². The van der Waals surface area contributed by atoms with E-state index in [1.54, 1.807) is 11.0 Å². The summed E-state index contributed by atoms with van der Waals surface area (Å²) in [7, 11) is 0. The lowest BCUT2D eigenvalue weighted by atomic mass is 9.87. The number of hydrogen-bond acceptors (Lipinski definition) is 5. The van der Waals surface area contributed by atoms with E-state index in [2.05, 4.69) is 15.3 Å². The highest BCUT2D eigenvalue weighted by Crippen LogP contribution is 2.35. The van der Waals surface area contributed by atoms with Crippen molar-refractivity contribution < 1.29 is 23.6 Å². The van der Waals surface area contributed by atoms with Gasteiger partial charge in [0.25, 0.3) is 11.8 Å². The Bertz CT molecular complexity index is 1110. The highest BCUT2D eigenvalue weighted by molar-refractivity contribution is 6.05. The van der Waals surface area contributed by atoms with Crippen LogP contribution in [0.25, 0.3) is 0 Å². The molecule has 5 rings (SSSR count). The van der Waals surface area contributed by atoms with Gasteiger partial charge in [-0.1, -0.05) is 6.07 Å². The van der Waals surface area contributed by atoms with Gasteiger partial charge in [-0.05, 0) is 42.4 Å². The SMILES string of the molecule is O=C1CCC(N2Cc3cc(C4CCN(C(=O)c5cnc[nH]5)CC4)c(F)cc3C2=O)C(=O)N1. The maximum Gasteiger partial charge on any atom is 0.271 e. The number of piperidine rings is 2. The van der Waals surface area contributed by atoms with E-state index in [4.69, 9.17) is 0 Å². The van der Waals surface area contributed by atoms with E-state index in [0.717, 1.165) is 0 Å². The van der Waals surface area contributed by atoms with Crippen LogP contribution in [0.1, 0.15) is 63.6 Å². The number of H-pyrrole nitrogens is 1. The molecule has 3 aliphatic heterocycles. The Hall–Kier alpha value is -3.56. The molecule has 2 saturated heterocycles. The Morgan fingerprint density at radius 1 is 1.12 bits per heavy atom. The summed E-state index contributed by atoms with van der Waals surface area (Å²) in [5, 5.41) is 2.27. The summed E-state index contributed by atoms with van der Waals surface area (Å²) in [6.45, 7) is 1.21. The third-order valence-electron chi connectivity index (χ3n) is 6.59. The number of nitrogens with zero attached hydrogens (tertiary/aromatic N) is 3. The number of halogens is 1. The first-order chi connectivity index (χ1) is 15.4. The van der Waals surface area contributed by atoms with Crippen molar-refractivity contribution in [2.24, 2.45) is 0 Å². The number of imidazole rings is 1. The van der Waals surface area contributed by atoms with E-state index in [1.807, 2.05) is 0 Å². The third-order valence-corrected chi connectivity index (χ3v) is 6.59. The molecule has 1 atom stereocenters. The molecule has 4 heterocycles. The summed E-state index contributed by atoms with van der Waals surface area (Å²) in [4.78, 5) is 58.8. The molecule has 1 aromatic carbocycles. The Kier molecular flexibility index (Phi) is 4.99. The zero-order valence-electron chi connectivity index (χ0n) is 17.3. The topological polar surface area (TPSA) is 115 Å². The number of nitrogens with one attached hydrogen (secondary N) is 2. The molecular formula is C22H22FN5O4. The van der Waals surface area contributed by atoms with Gasteiger partial charge in [-0.15, -0.1) is 0 Å². The van der Waals surface area contributed by atoms with Crippen LogP contribution in [-0.2, 0) is 16.1 Å². The Labute approximate surface area is 183 Å². The van der Waals surface area contributed by atoms with Crippen molar-refractivity contribution in [2.45, 2.75) is 44.2 Å². The molecular weight excluding hydrogens is 417 g/mol. The van der Waals surface area contributed by atoms with Crippen LogP contribution >= 0.6 is 0 Å². The van der Waals surface area contributed by atoms with Crippen molar-refractivity contribution in [3.8, 4) is 0 Å². The second-order valence-electron chi connectivity index (χ2n) is 8.46. The molecule has 3 aliphatic rings. The first-order valence-electron chi connectivity index (χ1n) is 10.7. The summed E-state index contributed by atoms with van der Waals surface area (Å²) in [6.07, 6.45) is 4.61. The molecule has 2 fully saturated rings. The van der Waals surface area contributed by atoms with Crippen LogP contribution in [0.15, 0.2) is 24.7 Å². The van der Waals surface area contributed by atoms with E-state index in [9.17, 15) is 23.6 Å². The molecule has 2 aromatic rings. The van der Waals surface area contributed by atoms with Crippen LogP contribution in [0.5, 0.6) is 0 Å². The number of likely N-dealkylation sites (tertiary alicyclic amines) is 1. The predicted molar refractivity (Wildman–Crippen MR) is 109 cm³/mol. The molecule has 0 spiro atoms. The van der Waals surface area contributed by atoms with Crippen LogP contribution in [0.3, 0.4) is 0 Å². The number of imide groups is 1. The van der Waals surface area contributed by atoms with Gasteiger partial charge < -0.3 is 14.8 Å². The summed E-state index contributed by atoms with van der Waals surface area (Å²) in [6, 6.07) is 2.27. The second kappa shape index (κ2) is 7.85. The summed E-state index contributed by atoms with van der Waals surface area (Å²) < 4.78 is 15.0. The van der Waals surface area contributed by atoms with Gasteiger partial charge in [0.1, 0.15) is 17.6 Å². The molecule has 0 saturated carbocycles. The number of fused-ring (bicyclic) bond motifs is 1. The molecule has 4 amide bonds. The minimum absolute atomic E-state index is 0.0640. The molecule has 0 aliphatic carbocycles. The lowest BCUT2D eigenvalue weighted by molar-refractivity contribution is -0.136. The van der Waals surface area contributed by atoms with Crippen molar-refractivity contribution in [2.75, 3.05) is 13.1 Å². The summed E-state index contributed by atoms with van der Waals surface area (Å²) in [5.41, 5.74) is 1.92. The number of hydrogen-bond donors (Lipinski definition) is 2. The molecule has 1 unspecified atom stereocenters. The van der Waals surface area contributed by atoms with Crippen molar-refractivity contribution >= 4 is 23.6 Å². The van der Waals surface area contributed by atoms with Gasteiger partial charge in [0.2, 0.25) is 11.8 Å². The maximum absolute atomic E-state index is 15.0. The number of amides is 4. The molecule has 9 nitrogen and oxygen atoms in total. The highest BCUT2D eigenvalue weighted by Gasteiger charge is 2.40. The number of rotatable bonds is 3. The molecule has 2 N–H and O–H groups in total. The van der Waals surface area contributed by atoms with Gasteiger partial charge in [0.15, 0.2) is 0 Å². The predicted octanol–water partition coefficient (Wildman–Crippen LogP) is 1.33. The molecule has 0 radical (unpaired) electrons. The second-order valence-corrected chi connectivity index (χ2v) is 8.46. The highest BCUT2D eigenvalue weighted by atomic mass is 19.1. The van der Waals surface area contributed by atoms with Crippen LogP contribution < -0.4 is 5.32 Å². The van der Waals surface area contributed by atoms with E-state index in [-0.39, 0.29) is 48.6 Å². The summed E-state index contributed by atoms with van der Waals surface area (Å²) in [5.74, 6) is -1.86. The van der Waals surface area contributed by atoms with Crippen LogP contribution in [0.4, 0.5) is 4.39 Å². The van der Waals surface area contributed by atoms with Gasteiger partial charge in [-0.3, -0.25) is 24.5 Å². The number of carbonyl (C=O) groups is 4. The zero-order valence-corrected chi connectivity index (χ0v) is 17.3. The van der Waals surface area contributed by atoms with E-state index in [0.29, 0.717) is 42.8 Å². The lowest BCUT2D eigenvalue weighted by Crippen LogP contribution is -2.52. The normalized spacial score (nSPS) is 21.7. The molecule has 0 bridgehead atoms. The standard InChI is InChI=1S/C22H22FN5O4/c23-16-8-15-13(10-28(21(15)31)18-1-2-19(29)26-20(18)30)7-14(16)12-3-5-27(6-4-12)22(32)17-9-24-11-25-17/h7-9,11-12,18H,1-6,10H2,(H,24,25)(H,26,29,30). The maximum atomic E-state index is 15.0. The Balaban J connectivity index is 1.30. The monoisotopic (exact) mass is 439 g/mol. The van der Waals surface area contributed by atoms with Gasteiger partial charge in [0.05, 0.1) is 12.5 Å². The number of benzene rings is 1. The van der Waals surface area contributed by atoms with Gasteiger partial charge >= 0.3 is 0 Å². The smallest absolute Gasteiger partial charge is 0.271 e. The van der Waals surface area contributed by atoms with Gasteiger partial charge in [0, 0.05) is 31.6 Å². The van der Waals surface area contributed by atoms with Crippen molar-refractivity contribution in [1.29, 1.82) is 0 Å². The fourth-order valence-electron chi connectivity index (χ4n) is 4.86. The number of aromatic nitrogens is 2. The average Bonchev–Trinajstić information content (AvgIpc) is 3.42. The fraction of sp³-hybridized carbons (Fsp3) is 0.409. The van der Waals surface area contributed by atoms with Crippen molar-refractivity contribution in [1.82, 2.24) is 25.1 Å². The third kappa shape index (κ3) is 3.45. The van der Waals surface area contributed by atoms with Crippen LogP contribution in [0.2, 0.25) is 0 Å². The number of carbonyl (C=O) groups excluding carboxylic acids is 4. The first kappa shape index (κ1) is 20.3.